The van der Waals surface area contributed by atoms with Crippen molar-refractivity contribution in [1.29, 1.82) is 0 Å². The monoisotopic (exact) mass is 262 g/mol. The number of aliphatic hydroxyl groups excluding tert-OH is 1. The molecule has 1 aromatic rings. The van der Waals surface area contributed by atoms with Crippen LogP contribution >= 0.6 is 0 Å². The Kier molecular flexibility index (Phi) is 5.83. The van der Waals surface area contributed by atoms with Crippen LogP contribution in [0.15, 0.2) is 42.5 Å². The van der Waals surface area contributed by atoms with E-state index in [1.54, 1.807) is 0 Å². The van der Waals surface area contributed by atoms with Gasteiger partial charge in [0.2, 0.25) is 0 Å². The lowest BCUT2D eigenvalue weighted by Gasteiger charge is -2.19. The summed E-state index contributed by atoms with van der Waals surface area (Å²) < 4.78 is 0. The van der Waals surface area contributed by atoms with Gasteiger partial charge in [-0.25, -0.2) is 0 Å². The van der Waals surface area contributed by atoms with Crippen LogP contribution in [0.3, 0.4) is 0 Å². The minimum Gasteiger partial charge on any atom is -0.393 e. The third-order valence-electron chi connectivity index (χ3n) is 2.91. The van der Waals surface area contributed by atoms with E-state index in [0.29, 0.717) is 0 Å². The van der Waals surface area contributed by atoms with Gasteiger partial charge in [-0.3, -0.25) is 0 Å². The molecule has 0 spiro atoms. The summed E-state index contributed by atoms with van der Waals surface area (Å²) in [6, 6.07) is 11.5. The smallest absolute Gasteiger partial charge is 0.0580 e. The summed E-state index contributed by atoms with van der Waals surface area (Å²) in [5.41, 5.74) is 2.52. The molecule has 2 heteroatoms. The first-order valence-electron chi connectivity index (χ1n) is 6.75. The van der Waals surface area contributed by atoms with Crippen molar-refractivity contribution in [2.75, 3.05) is 0 Å². The van der Waals surface area contributed by atoms with E-state index in [1.165, 1.54) is 11.1 Å². The first-order valence-corrected chi connectivity index (χ1v) is 10.5. The second-order valence-electron chi connectivity index (χ2n) is 6.37. The van der Waals surface area contributed by atoms with Crippen molar-refractivity contribution in [3.63, 3.8) is 0 Å². The molecule has 0 heterocycles. The van der Waals surface area contributed by atoms with Gasteiger partial charge >= 0.3 is 0 Å². The number of aryl methyl sites for hydroxylation is 1. The van der Waals surface area contributed by atoms with Crippen LogP contribution in [-0.4, -0.2) is 19.3 Å². The van der Waals surface area contributed by atoms with Crippen molar-refractivity contribution in [1.82, 2.24) is 0 Å². The molecule has 1 rings (SSSR count). The number of hydrogen-bond acceptors (Lipinski definition) is 1. The lowest BCUT2D eigenvalue weighted by atomic mass is 10.0. The molecule has 0 fully saturated rings. The fourth-order valence-corrected chi connectivity index (χ4v) is 3.88. The van der Waals surface area contributed by atoms with E-state index < -0.39 is 8.07 Å². The third kappa shape index (κ3) is 6.77. The maximum Gasteiger partial charge on any atom is 0.0580 e. The maximum absolute atomic E-state index is 10.0. The van der Waals surface area contributed by atoms with Crippen LogP contribution in [0, 0.1) is 0 Å². The Bertz CT molecular complexity index is 364. The molecule has 1 atom stereocenters. The second-order valence-corrected chi connectivity index (χ2v) is 11.8. The molecule has 1 aromatic carbocycles. The Morgan fingerprint density at radius 1 is 1.22 bits per heavy atom. The molecule has 1 nitrogen and oxygen atoms in total. The van der Waals surface area contributed by atoms with E-state index >= 15 is 0 Å². The molecule has 0 aliphatic rings. The molecule has 1 N–H and O–H groups in total. The van der Waals surface area contributed by atoms with Crippen molar-refractivity contribution in [2.45, 2.75) is 51.1 Å². The van der Waals surface area contributed by atoms with Crippen molar-refractivity contribution in [3.8, 4) is 0 Å². The Labute approximate surface area is 113 Å². The van der Waals surface area contributed by atoms with Gasteiger partial charge in [0.05, 0.1) is 6.10 Å². The van der Waals surface area contributed by atoms with E-state index in [4.69, 9.17) is 0 Å². The summed E-state index contributed by atoms with van der Waals surface area (Å²) in [5, 5.41) is 10.0. The molecule has 0 aliphatic carbocycles. The molecule has 18 heavy (non-hydrogen) atoms. The van der Waals surface area contributed by atoms with Crippen LogP contribution in [0.5, 0.6) is 0 Å². The molecule has 0 saturated carbocycles. The van der Waals surface area contributed by atoms with Crippen LogP contribution in [0.2, 0.25) is 25.7 Å². The van der Waals surface area contributed by atoms with Gasteiger partial charge < -0.3 is 5.11 Å². The van der Waals surface area contributed by atoms with Gasteiger partial charge in [-0.2, -0.15) is 0 Å². The number of benzene rings is 1. The van der Waals surface area contributed by atoms with Gasteiger partial charge in [0.1, 0.15) is 0 Å². The van der Waals surface area contributed by atoms with Crippen molar-refractivity contribution >= 4 is 8.07 Å². The van der Waals surface area contributed by atoms with E-state index in [9.17, 15) is 5.11 Å². The van der Waals surface area contributed by atoms with Crippen LogP contribution in [0.1, 0.15) is 18.4 Å². The van der Waals surface area contributed by atoms with Gasteiger partial charge in [-0.15, -0.1) is 6.58 Å². The SMILES string of the molecule is C=C(C[C@@H](O)CCc1ccccc1)C[Si](C)(C)C. The van der Waals surface area contributed by atoms with Crippen LogP contribution in [0.25, 0.3) is 0 Å². The van der Waals surface area contributed by atoms with Gasteiger partial charge in [-0.1, -0.05) is 55.5 Å². The van der Waals surface area contributed by atoms with Crippen LogP contribution < -0.4 is 0 Å². The quantitative estimate of drug-likeness (QED) is 0.575. The molecule has 0 saturated heterocycles. The predicted octanol–water partition coefficient (Wildman–Crippen LogP) is 4.26. The Morgan fingerprint density at radius 2 is 1.83 bits per heavy atom. The van der Waals surface area contributed by atoms with E-state index in [-0.39, 0.29) is 6.10 Å². The molecular weight excluding hydrogens is 236 g/mol. The molecule has 0 bridgehead atoms. The number of hydrogen-bond donors (Lipinski definition) is 1. The summed E-state index contributed by atoms with van der Waals surface area (Å²) in [5.74, 6) is 0. The minimum atomic E-state index is -1.08. The summed E-state index contributed by atoms with van der Waals surface area (Å²) in [6.07, 6.45) is 2.29. The fraction of sp³-hybridized carbons (Fsp3) is 0.500. The van der Waals surface area contributed by atoms with Crippen molar-refractivity contribution in [3.05, 3.63) is 48.0 Å². The average molecular weight is 262 g/mol. The predicted molar refractivity (Wildman–Crippen MR) is 82.7 cm³/mol. The molecule has 100 valence electrons. The number of aliphatic hydroxyl groups is 1. The average Bonchev–Trinajstić information content (AvgIpc) is 2.25. The highest BCUT2D eigenvalue weighted by Gasteiger charge is 2.16. The Balaban J connectivity index is 2.29. The zero-order chi connectivity index (χ0) is 13.6. The highest BCUT2D eigenvalue weighted by atomic mass is 28.3. The Morgan fingerprint density at radius 3 is 2.39 bits per heavy atom. The topological polar surface area (TPSA) is 20.2 Å². The van der Waals surface area contributed by atoms with Gasteiger partial charge in [-0.05, 0) is 30.9 Å². The standard InChI is InChI=1S/C16H26OSi/c1-14(13-18(2,3)4)12-16(17)11-10-15-8-6-5-7-9-15/h5-9,16-17H,1,10-13H2,2-4H3/t16-/m0/s1. The molecular formula is C16H26OSi. The molecule has 0 unspecified atom stereocenters. The Hall–Kier alpha value is -0.863. The minimum absolute atomic E-state index is 0.242. The summed E-state index contributed by atoms with van der Waals surface area (Å²) in [6.45, 7) is 11.1. The van der Waals surface area contributed by atoms with E-state index in [0.717, 1.165) is 25.3 Å². The molecule has 0 amide bonds. The molecule has 0 aromatic heterocycles. The molecule has 0 aliphatic heterocycles. The maximum atomic E-state index is 10.0. The normalized spacial score (nSPS) is 13.3. The van der Waals surface area contributed by atoms with E-state index in [1.807, 2.05) is 18.2 Å². The highest BCUT2D eigenvalue weighted by molar-refractivity contribution is 6.76. The van der Waals surface area contributed by atoms with Crippen LogP contribution in [0.4, 0.5) is 0 Å². The van der Waals surface area contributed by atoms with Crippen LogP contribution in [-0.2, 0) is 6.42 Å². The molecule has 0 radical (unpaired) electrons. The summed E-state index contributed by atoms with van der Waals surface area (Å²) in [4.78, 5) is 0. The lowest BCUT2D eigenvalue weighted by Crippen LogP contribution is -2.21. The zero-order valence-corrected chi connectivity index (χ0v) is 12.9. The first kappa shape index (κ1) is 15.2. The van der Waals surface area contributed by atoms with E-state index in [2.05, 4.69) is 38.4 Å². The van der Waals surface area contributed by atoms with Gasteiger partial charge in [0.25, 0.3) is 0 Å². The lowest BCUT2D eigenvalue weighted by molar-refractivity contribution is 0.165. The first-order chi connectivity index (χ1) is 8.37. The summed E-state index contributed by atoms with van der Waals surface area (Å²) >= 11 is 0. The largest absolute Gasteiger partial charge is 0.393 e. The third-order valence-corrected chi connectivity index (χ3v) is 4.47. The van der Waals surface area contributed by atoms with Gasteiger partial charge in [0.15, 0.2) is 0 Å². The zero-order valence-electron chi connectivity index (χ0n) is 11.9. The van der Waals surface area contributed by atoms with Gasteiger partial charge in [0, 0.05) is 8.07 Å². The fourth-order valence-electron chi connectivity index (χ4n) is 2.24. The van der Waals surface area contributed by atoms with Crippen molar-refractivity contribution in [2.24, 2.45) is 0 Å². The summed E-state index contributed by atoms with van der Waals surface area (Å²) in [7, 11) is -1.08. The second kappa shape index (κ2) is 6.91. The number of rotatable bonds is 7. The highest BCUT2D eigenvalue weighted by Crippen LogP contribution is 2.20. The van der Waals surface area contributed by atoms with Crippen molar-refractivity contribution < 1.29 is 5.11 Å².